The van der Waals surface area contributed by atoms with E-state index in [0.29, 0.717) is 5.76 Å². The second kappa shape index (κ2) is 4.75. The minimum atomic E-state index is -0.175. The molecule has 0 aliphatic rings. The maximum atomic E-state index is 11.8. The van der Waals surface area contributed by atoms with Gasteiger partial charge in [0, 0.05) is 9.75 Å². The molecule has 1 amide bonds. The average Bonchev–Trinajstić information content (AvgIpc) is 2.87. The van der Waals surface area contributed by atoms with Crippen LogP contribution < -0.4 is 5.32 Å². The highest BCUT2D eigenvalue weighted by Gasteiger charge is 2.16. The fourth-order valence-electron chi connectivity index (χ4n) is 1.83. The zero-order valence-electron chi connectivity index (χ0n) is 10.1. The van der Waals surface area contributed by atoms with E-state index in [1.807, 2.05) is 6.92 Å². The van der Waals surface area contributed by atoms with Crippen LogP contribution >= 0.6 is 11.3 Å². The summed E-state index contributed by atoms with van der Waals surface area (Å²) >= 11 is 1.75. The maximum absolute atomic E-state index is 11.8. The van der Waals surface area contributed by atoms with Crippen LogP contribution in [-0.4, -0.2) is 5.91 Å². The number of amides is 1. The number of furan rings is 1. The molecular formula is C13H15NO2S. The Morgan fingerprint density at radius 3 is 2.76 bits per heavy atom. The van der Waals surface area contributed by atoms with Crippen molar-refractivity contribution in [2.75, 3.05) is 0 Å². The quantitative estimate of drug-likeness (QED) is 0.905. The second-order valence-electron chi connectivity index (χ2n) is 4.04. The minimum absolute atomic E-state index is 0.00227. The van der Waals surface area contributed by atoms with Gasteiger partial charge in [0.1, 0.15) is 0 Å². The molecule has 0 aromatic carbocycles. The van der Waals surface area contributed by atoms with Gasteiger partial charge in [0.15, 0.2) is 5.76 Å². The fraction of sp³-hybridized carbons (Fsp3) is 0.308. The van der Waals surface area contributed by atoms with Gasteiger partial charge in [-0.2, -0.15) is 0 Å². The number of thiophene rings is 1. The normalized spacial score (nSPS) is 12.4. The third-order valence-corrected chi connectivity index (χ3v) is 3.62. The van der Waals surface area contributed by atoms with Crippen LogP contribution in [0, 0.1) is 13.8 Å². The molecule has 0 aliphatic carbocycles. The van der Waals surface area contributed by atoms with Gasteiger partial charge in [0.05, 0.1) is 12.3 Å². The Labute approximate surface area is 104 Å². The van der Waals surface area contributed by atoms with E-state index in [-0.39, 0.29) is 11.9 Å². The number of carbonyl (C=O) groups excluding carboxylic acids is 1. The number of hydrogen-bond donors (Lipinski definition) is 1. The van der Waals surface area contributed by atoms with Crippen LogP contribution in [0.5, 0.6) is 0 Å². The summed E-state index contributed by atoms with van der Waals surface area (Å²) in [5.41, 5.74) is 1.17. The highest BCUT2D eigenvalue weighted by Crippen LogP contribution is 2.26. The lowest BCUT2D eigenvalue weighted by molar-refractivity contribution is 0.0912. The van der Waals surface area contributed by atoms with Crippen LogP contribution in [0.3, 0.4) is 0 Å². The molecule has 1 atom stereocenters. The molecule has 2 aromatic rings. The molecule has 0 bridgehead atoms. The van der Waals surface area contributed by atoms with Gasteiger partial charge in [-0.05, 0) is 44.5 Å². The molecule has 4 heteroatoms. The summed E-state index contributed by atoms with van der Waals surface area (Å²) in [6, 6.07) is 5.48. The Bertz CT molecular complexity index is 514. The Morgan fingerprint density at radius 2 is 2.24 bits per heavy atom. The Morgan fingerprint density at radius 1 is 1.47 bits per heavy atom. The summed E-state index contributed by atoms with van der Waals surface area (Å²) in [5.74, 6) is 0.173. The Kier molecular flexibility index (Phi) is 3.33. The molecule has 0 saturated heterocycles. The highest BCUT2D eigenvalue weighted by molar-refractivity contribution is 7.12. The van der Waals surface area contributed by atoms with Gasteiger partial charge in [-0.3, -0.25) is 4.79 Å². The number of carbonyl (C=O) groups is 1. The predicted molar refractivity (Wildman–Crippen MR) is 68.4 cm³/mol. The standard InChI is InChI=1S/C13H15NO2S/c1-8-7-11(10(3)17-8)9(2)14-13(15)12-5-4-6-16-12/h4-7,9H,1-3H3,(H,14,15). The first-order valence-electron chi connectivity index (χ1n) is 5.49. The molecule has 0 aliphatic heterocycles. The zero-order valence-corrected chi connectivity index (χ0v) is 10.9. The molecule has 2 rings (SSSR count). The van der Waals surface area contributed by atoms with Gasteiger partial charge in [-0.1, -0.05) is 0 Å². The minimum Gasteiger partial charge on any atom is -0.459 e. The van der Waals surface area contributed by atoms with Crippen molar-refractivity contribution in [3.05, 3.63) is 45.5 Å². The summed E-state index contributed by atoms with van der Waals surface area (Å²) in [6.45, 7) is 6.13. The van der Waals surface area contributed by atoms with Gasteiger partial charge in [0.25, 0.3) is 5.91 Å². The van der Waals surface area contributed by atoms with Gasteiger partial charge in [-0.15, -0.1) is 11.3 Å². The molecular weight excluding hydrogens is 234 g/mol. The van der Waals surface area contributed by atoms with Crippen LogP contribution in [0.25, 0.3) is 0 Å². The molecule has 1 unspecified atom stereocenters. The lowest BCUT2D eigenvalue weighted by Gasteiger charge is -2.12. The predicted octanol–water partition coefficient (Wildman–Crippen LogP) is 3.45. The van der Waals surface area contributed by atoms with Gasteiger partial charge >= 0.3 is 0 Å². The van der Waals surface area contributed by atoms with Crippen molar-refractivity contribution in [1.29, 1.82) is 0 Å². The Balaban J connectivity index is 2.09. The molecule has 0 fully saturated rings. The van der Waals surface area contributed by atoms with Crippen LogP contribution in [0.15, 0.2) is 28.9 Å². The molecule has 3 nitrogen and oxygen atoms in total. The van der Waals surface area contributed by atoms with Gasteiger partial charge in [0.2, 0.25) is 0 Å². The van der Waals surface area contributed by atoms with Gasteiger partial charge in [-0.25, -0.2) is 0 Å². The molecule has 0 saturated carbocycles. The van der Waals surface area contributed by atoms with Crippen molar-refractivity contribution in [2.45, 2.75) is 26.8 Å². The zero-order chi connectivity index (χ0) is 12.4. The lowest BCUT2D eigenvalue weighted by Crippen LogP contribution is -2.26. The van der Waals surface area contributed by atoms with Crippen molar-refractivity contribution >= 4 is 17.2 Å². The summed E-state index contributed by atoms with van der Waals surface area (Å²) in [6.07, 6.45) is 1.50. The first kappa shape index (κ1) is 11.9. The lowest BCUT2D eigenvalue weighted by atomic mass is 10.1. The van der Waals surface area contributed by atoms with E-state index in [2.05, 4.69) is 25.2 Å². The molecule has 2 heterocycles. The third kappa shape index (κ3) is 2.58. The van der Waals surface area contributed by atoms with E-state index in [1.54, 1.807) is 23.5 Å². The van der Waals surface area contributed by atoms with E-state index in [4.69, 9.17) is 4.42 Å². The number of nitrogens with one attached hydrogen (secondary N) is 1. The van der Waals surface area contributed by atoms with Crippen LogP contribution in [0.2, 0.25) is 0 Å². The van der Waals surface area contributed by atoms with E-state index >= 15 is 0 Å². The van der Waals surface area contributed by atoms with Crippen molar-refractivity contribution in [2.24, 2.45) is 0 Å². The van der Waals surface area contributed by atoms with E-state index in [0.717, 1.165) is 0 Å². The SMILES string of the molecule is Cc1cc(C(C)NC(=O)c2ccco2)c(C)s1. The largest absolute Gasteiger partial charge is 0.459 e. The monoisotopic (exact) mass is 249 g/mol. The third-order valence-electron chi connectivity index (χ3n) is 2.64. The van der Waals surface area contributed by atoms with Crippen molar-refractivity contribution in [3.8, 4) is 0 Å². The average molecular weight is 249 g/mol. The fourth-order valence-corrected chi connectivity index (χ4v) is 2.86. The van der Waals surface area contributed by atoms with Crippen molar-refractivity contribution in [1.82, 2.24) is 5.32 Å². The van der Waals surface area contributed by atoms with Gasteiger partial charge < -0.3 is 9.73 Å². The first-order chi connectivity index (χ1) is 8.08. The molecule has 0 spiro atoms. The highest BCUT2D eigenvalue weighted by atomic mass is 32.1. The number of hydrogen-bond acceptors (Lipinski definition) is 3. The summed E-state index contributed by atoms with van der Waals surface area (Å²) in [5, 5.41) is 2.93. The molecule has 2 aromatic heterocycles. The summed E-state index contributed by atoms with van der Waals surface area (Å²) in [7, 11) is 0. The van der Waals surface area contributed by atoms with E-state index in [9.17, 15) is 4.79 Å². The number of rotatable bonds is 3. The van der Waals surface area contributed by atoms with E-state index in [1.165, 1.54) is 21.6 Å². The smallest absolute Gasteiger partial charge is 0.287 e. The molecule has 17 heavy (non-hydrogen) atoms. The number of aryl methyl sites for hydroxylation is 2. The van der Waals surface area contributed by atoms with Crippen molar-refractivity contribution in [3.63, 3.8) is 0 Å². The molecule has 0 radical (unpaired) electrons. The van der Waals surface area contributed by atoms with Crippen molar-refractivity contribution < 1.29 is 9.21 Å². The van der Waals surface area contributed by atoms with Crippen LogP contribution in [0.4, 0.5) is 0 Å². The first-order valence-corrected chi connectivity index (χ1v) is 6.31. The topological polar surface area (TPSA) is 42.2 Å². The maximum Gasteiger partial charge on any atom is 0.287 e. The van der Waals surface area contributed by atoms with Crippen LogP contribution in [0.1, 0.15) is 38.8 Å². The summed E-state index contributed by atoms with van der Waals surface area (Å²) < 4.78 is 5.06. The Hall–Kier alpha value is -1.55. The summed E-state index contributed by atoms with van der Waals surface area (Å²) in [4.78, 5) is 14.3. The van der Waals surface area contributed by atoms with E-state index < -0.39 is 0 Å². The second-order valence-corrected chi connectivity index (χ2v) is 5.50. The molecule has 1 N–H and O–H groups in total. The van der Waals surface area contributed by atoms with Crippen LogP contribution in [-0.2, 0) is 0 Å². The molecule has 90 valence electrons.